The number of esters is 1. The van der Waals surface area contributed by atoms with E-state index < -0.39 is 22.5 Å². The number of piperidine rings is 1. The Hall–Kier alpha value is -2.64. The first-order valence-electron chi connectivity index (χ1n) is 11.6. The van der Waals surface area contributed by atoms with Gasteiger partial charge in [-0.25, -0.2) is 4.79 Å². The zero-order chi connectivity index (χ0) is 24.6. The number of hydrogen-bond acceptors (Lipinski definition) is 6. The van der Waals surface area contributed by atoms with Crippen LogP contribution in [0.3, 0.4) is 0 Å². The Bertz CT molecular complexity index is 1090. The molecule has 1 saturated heterocycles. The van der Waals surface area contributed by atoms with Crippen molar-refractivity contribution in [3.05, 3.63) is 62.6 Å². The predicted octanol–water partition coefficient (Wildman–Crippen LogP) is 3.00. The van der Waals surface area contributed by atoms with E-state index in [9.17, 15) is 14.7 Å². The van der Waals surface area contributed by atoms with Crippen LogP contribution in [0.25, 0.3) is 0 Å². The topological polar surface area (TPSA) is 91.9 Å². The molecule has 2 heterocycles. The Labute approximate surface area is 195 Å². The number of aliphatic hydroxyl groups is 1. The number of aromatic amines is 1. The Balaban J connectivity index is 0.00000149. The minimum Gasteiger partial charge on any atom is -0.497 e. The predicted molar refractivity (Wildman–Crippen MR) is 128 cm³/mol. The molecular formula is C26H36N2O5. The summed E-state index contributed by atoms with van der Waals surface area (Å²) in [6.45, 7) is 8.91. The quantitative estimate of drug-likeness (QED) is 0.690. The second-order valence-electron chi connectivity index (χ2n) is 8.95. The standard InChI is InChI=1S/C24H30N2O5.C2H6/c1-14-6-7-17(30-4)11-19(14)23-8-9-26(3)15(2)24(23,29)12-16-10-18(22(28)31-5)21(27)25-20(16)13-23;1-2/h6-7,10-11,15,29H,8-9,12-13H2,1-5H3,(H,25,27);1-2H3. The molecule has 33 heavy (non-hydrogen) atoms. The van der Waals surface area contributed by atoms with E-state index >= 15 is 0 Å². The molecule has 0 radical (unpaired) electrons. The van der Waals surface area contributed by atoms with Crippen LogP contribution in [0, 0.1) is 6.92 Å². The van der Waals surface area contributed by atoms with Crippen molar-refractivity contribution in [2.24, 2.45) is 0 Å². The van der Waals surface area contributed by atoms with Gasteiger partial charge in [0.05, 0.1) is 19.8 Å². The molecule has 2 aromatic rings. The maximum absolute atomic E-state index is 12.6. The van der Waals surface area contributed by atoms with Crippen molar-refractivity contribution < 1.29 is 19.4 Å². The molecule has 3 unspecified atom stereocenters. The van der Waals surface area contributed by atoms with Gasteiger partial charge in [-0.2, -0.15) is 0 Å². The van der Waals surface area contributed by atoms with Gasteiger partial charge in [-0.15, -0.1) is 0 Å². The number of ether oxygens (including phenoxy) is 2. The van der Waals surface area contributed by atoms with Gasteiger partial charge in [-0.05, 0) is 68.8 Å². The number of nitrogens with zero attached hydrogens (tertiary/aromatic N) is 1. The van der Waals surface area contributed by atoms with Gasteiger partial charge in [0, 0.05) is 30.0 Å². The normalized spacial score (nSPS) is 26.4. The molecule has 1 aliphatic heterocycles. The lowest BCUT2D eigenvalue weighted by Crippen LogP contribution is -2.70. The number of fused-ring (bicyclic) bond motifs is 2. The number of likely N-dealkylation sites (N-methyl/N-ethyl adjacent to an activating group) is 1. The molecule has 0 saturated carbocycles. The lowest BCUT2D eigenvalue weighted by atomic mass is 9.53. The molecule has 2 N–H and O–H groups in total. The number of carbonyl (C=O) groups is 1. The third-order valence-corrected chi connectivity index (χ3v) is 7.59. The van der Waals surface area contributed by atoms with E-state index in [0.717, 1.165) is 41.1 Å². The zero-order valence-corrected chi connectivity index (χ0v) is 20.7. The molecule has 2 aliphatic rings. The molecule has 1 aliphatic carbocycles. The smallest absolute Gasteiger partial charge is 0.343 e. The van der Waals surface area contributed by atoms with Crippen molar-refractivity contribution in [1.82, 2.24) is 9.88 Å². The third kappa shape index (κ3) is 3.87. The average Bonchev–Trinajstić information content (AvgIpc) is 2.82. The van der Waals surface area contributed by atoms with Crippen LogP contribution < -0.4 is 10.3 Å². The number of rotatable bonds is 3. The minimum absolute atomic E-state index is 0.0354. The lowest BCUT2D eigenvalue weighted by Gasteiger charge is -2.59. The summed E-state index contributed by atoms with van der Waals surface area (Å²) in [5.74, 6) is 0.0644. The van der Waals surface area contributed by atoms with Crippen LogP contribution in [0.15, 0.2) is 29.1 Å². The van der Waals surface area contributed by atoms with E-state index in [1.165, 1.54) is 7.11 Å². The molecule has 7 nitrogen and oxygen atoms in total. The Morgan fingerprint density at radius 3 is 2.55 bits per heavy atom. The van der Waals surface area contributed by atoms with Crippen molar-refractivity contribution in [3.63, 3.8) is 0 Å². The van der Waals surface area contributed by atoms with Crippen molar-refractivity contribution in [2.45, 2.75) is 64.0 Å². The summed E-state index contributed by atoms with van der Waals surface area (Å²) in [7, 11) is 4.91. The van der Waals surface area contributed by atoms with Crippen molar-refractivity contribution in [3.8, 4) is 5.75 Å². The highest BCUT2D eigenvalue weighted by Crippen LogP contribution is 2.53. The number of hydrogen-bond donors (Lipinski definition) is 2. The Morgan fingerprint density at radius 2 is 1.91 bits per heavy atom. The van der Waals surface area contributed by atoms with Gasteiger partial charge >= 0.3 is 5.97 Å². The molecule has 0 bridgehead atoms. The van der Waals surface area contributed by atoms with Crippen molar-refractivity contribution >= 4 is 5.97 Å². The van der Waals surface area contributed by atoms with Gasteiger partial charge in [0.2, 0.25) is 0 Å². The second kappa shape index (κ2) is 9.31. The number of H-pyrrole nitrogens is 1. The number of methoxy groups -OCH3 is 2. The van der Waals surface area contributed by atoms with Gasteiger partial charge in [-0.3, -0.25) is 4.79 Å². The number of likely N-dealkylation sites (tertiary alicyclic amines) is 1. The number of aryl methyl sites for hydroxylation is 1. The molecule has 1 aromatic heterocycles. The van der Waals surface area contributed by atoms with E-state index in [4.69, 9.17) is 9.47 Å². The summed E-state index contributed by atoms with van der Waals surface area (Å²) >= 11 is 0. The Kier molecular flexibility index (Phi) is 7.05. The second-order valence-corrected chi connectivity index (χ2v) is 8.95. The maximum Gasteiger partial charge on any atom is 0.343 e. The van der Waals surface area contributed by atoms with E-state index in [-0.39, 0.29) is 11.6 Å². The van der Waals surface area contributed by atoms with Crippen molar-refractivity contribution in [1.29, 1.82) is 0 Å². The van der Waals surface area contributed by atoms with Crippen LogP contribution in [0.2, 0.25) is 0 Å². The van der Waals surface area contributed by atoms with E-state index in [1.54, 1.807) is 13.2 Å². The molecule has 1 fully saturated rings. The van der Waals surface area contributed by atoms with Crippen LogP contribution in [0.1, 0.15) is 59.9 Å². The fourth-order valence-corrected chi connectivity index (χ4v) is 5.59. The molecule has 4 rings (SSSR count). The summed E-state index contributed by atoms with van der Waals surface area (Å²) < 4.78 is 10.3. The first kappa shape index (κ1) is 25.0. The number of nitrogens with one attached hydrogen (secondary N) is 1. The van der Waals surface area contributed by atoms with Crippen LogP contribution >= 0.6 is 0 Å². The van der Waals surface area contributed by atoms with Gasteiger partial charge in [0.1, 0.15) is 11.3 Å². The number of carbonyl (C=O) groups excluding carboxylic acids is 1. The van der Waals surface area contributed by atoms with E-state index in [1.807, 2.05) is 52.9 Å². The summed E-state index contributed by atoms with van der Waals surface area (Å²) in [6, 6.07) is 7.42. The number of benzene rings is 1. The summed E-state index contributed by atoms with van der Waals surface area (Å²) in [4.78, 5) is 29.8. The van der Waals surface area contributed by atoms with Crippen molar-refractivity contribution in [2.75, 3.05) is 27.8 Å². The van der Waals surface area contributed by atoms with Crippen LogP contribution in [0.4, 0.5) is 0 Å². The molecule has 3 atom stereocenters. The zero-order valence-electron chi connectivity index (χ0n) is 20.7. The first-order chi connectivity index (χ1) is 15.7. The highest BCUT2D eigenvalue weighted by Gasteiger charge is 2.60. The SMILES string of the molecule is CC.COC(=O)c1cc2c([nH]c1=O)CC1(c3cc(OC)ccc3C)CCN(C)C(C)C1(O)C2. The molecule has 7 heteroatoms. The average molecular weight is 457 g/mol. The van der Waals surface area contributed by atoms with Gasteiger partial charge in [-0.1, -0.05) is 19.9 Å². The minimum atomic E-state index is -1.10. The van der Waals surface area contributed by atoms with Crippen LogP contribution in [0.5, 0.6) is 5.75 Å². The van der Waals surface area contributed by atoms with Crippen LogP contribution in [-0.2, 0) is 23.0 Å². The molecule has 0 spiro atoms. The van der Waals surface area contributed by atoms with Gasteiger partial charge in [0.25, 0.3) is 5.56 Å². The molecule has 180 valence electrons. The summed E-state index contributed by atoms with van der Waals surface area (Å²) in [5, 5.41) is 12.3. The largest absolute Gasteiger partial charge is 0.497 e. The first-order valence-corrected chi connectivity index (χ1v) is 11.6. The van der Waals surface area contributed by atoms with E-state index in [0.29, 0.717) is 12.8 Å². The monoisotopic (exact) mass is 456 g/mol. The summed E-state index contributed by atoms with van der Waals surface area (Å²) in [6.07, 6.45) is 1.53. The van der Waals surface area contributed by atoms with Gasteiger partial charge in [0.15, 0.2) is 0 Å². The third-order valence-electron chi connectivity index (χ3n) is 7.59. The molecule has 1 aromatic carbocycles. The van der Waals surface area contributed by atoms with E-state index in [2.05, 4.69) is 9.88 Å². The van der Waals surface area contributed by atoms with Gasteiger partial charge < -0.3 is 24.5 Å². The highest BCUT2D eigenvalue weighted by atomic mass is 16.5. The number of aromatic nitrogens is 1. The number of pyridine rings is 1. The Morgan fingerprint density at radius 1 is 1.21 bits per heavy atom. The molecular weight excluding hydrogens is 420 g/mol. The molecule has 0 amide bonds. The summed E-state index contributed by atoms with van der Waals surface area (Å²) in [5.41, 5.74) is 1.46. The fourth-order valence-electron chi connectivity index (χ4n) is 5.59. The lowest BCUT2D eigenvalue weighted by molar-refractivity contribution is -0.132. The fraction of sp³-hybridized carbons (Fsp3) is 0.538. The van der Waals surface area contributed by atoms with Crippen LogP contribution in [-0.4, -0.2) is 60.4 Å². The highest BCUT2D eigenvalue weighted by molar-refractivity contribution is 5.89. The maximum atomic E-state index is 12.6.